The molecular weight excluding hydrogens is 228 g/mol. The molecule has 1 aromatic carbocycles. The summed E-state index contributed by atoms with van der Waals surface area (Å²) in [6.45, 7) is 5.26. The van der Waals surface area contributed by atoms with Crippen LogP contribution in [-0.4, -0.2) is 12.8 Å². The van der Waals surface area contributed by atoms with E-state index in [9.17, 15) is 0 Å². The summed E-state index contributed by atoms with van der Waals surface area (Å²) in [5.74, 6) is 1.78. The Hall–Kier alpha value is -0.980. The van der Waals surface area contributed by atoms with E-state index in [1.54, 1.807) is 11.8 Å². The first kappa shape index (κ1) is 14.1. The smallest absolute Gasteiger partial charge is 0.100 e. The zero-order valence-corrected chi connectivity index (χ0v) is 11.6. The van der Waals surface area contributed by atoms with Gasteiger partial charge in [0.25, 0.3) is 0 Å². The van der Waals surface area contributed by atoms with Crippen molar-refractivity contribution in [3.63, 3.8) is 0 Å². The number of benzene rings is 1. The summed E-state index contributed by atoms with van der Waals surface area (Å²) < 4.78 is 0. The summed E-state index contributed by atoms with van der Waals surface area (Å²) in [5.41, 5.74) is 1.96. The predicted octanol–water partition coefficient (Wildman–Crippen LogP) is 3.42. The lowest BCUT2D eigenvalue weighted by Crippen LogP contribution is -2.05. The standard InChI is InChI=1S/C14H20N2S/c1-4-11(2)10-17-14-6-5-12(9-16-3)7-13(14)8-15/h5-7,11,16H,4,9-10H2,1-3H3. The van der Waals surface area contributed by atoms with Crippen molar-refractivity contribution < 1.29 is 0 Å². The molecule has 1 atom stereocenters. The predicted molar refractivity (Wildman–Crippen MR) is 74.1 cm³/mol. The maximum atomic E-state index is 9.15. The molecule has 0 aliphatic rings. The number of hydrogen-bond acceptors (Lipinski definition) is 3. The normalized spacial score (nSPS) is 12.1. The van der Waals surface area contributed by atoms with Crippen LogP contribution in [-0.2, 0) is 6.54 Å². The van der Waals surface area contributed by atoms with Crippen molar-refractivity contribution in [2.45, 2.75) is 31.7 Å². The zero-order valence-electron chi connectivity index (χ0n) is 10.8. The molecule has 17 heavy (non-hydrogen) atoms. The van der Waals surface area contributed by atoms with Crippen molar-refractivity contribution >= 4 is 11.8 Å². The van der Waals surface area contributed by atoms with Crippen molar-refractivity contribution in [2.24, 2.45) is 5.92 Å². The van der Waals surface area contributed by atoms with Gasteiger partial charge in [0.15, 0.2) is 0 Å². The second kappa shape index (κ2) is 7.37. The summed E-state index contributed by atoms with van der Waals surface area (Å²) in [6, 6.07) is 8.43. The van der Waals surface area contributed by atoms with E-state index in [1.807, 2.05) is 13.1 Å². The van der Waals surface area contributed by atoms with E-state index in [0.717, 1.165) is 28.3 Å². The van der Waals surface area contributed by atoms with Gasteiger partial charge in [0, 0.05) is 17.2 Å². The third-order valence-corrected chi connectivity index (χ3v) is 4.17. The van der Waals surface area contributed by atoms with Crippen molar-refractivity contribution in [1.82, 2.24) is 5.32 Å². The number of nitriles is 1. The second-order valence-corrected chi connectivity index (χ2v) is 5.36. The quantitative estimate of drug-likeness (QED) is 0.784. The van der Waals surface area contributed by atoms with Crippen LogP contribution in [0, 0.1) is 17.2 Å². The Morgan fingerprint density at radius 3 is 2.82 bits per heavy atom. The molecule has 3 heteroatoms. The van der Waals surface area contributed by atoms with Crippen molar-refractivity contribution in [2.75, 3.05) is 12.8 Å². The highest BCUT2D eigenvalue weighted by Gasteiger charge is 2.06. The topological polar surface area (TPSA) is 35.8 Å². The Balaban J connectivity index is 2.75. The lowest BCUT2D eigenvalue weighted by Gasteiger charge is -2.10. The molecule has 0 radical (unpaired) electrons. The minimum Gasteiger partial charge on any atom is -0.316 e. The van der Waals surface area contributed by atoms with E-state index in [4.69, 9.17) is 5.26 Å². The Bertz CT molecular complexity index is 396. The zero-order chi connectivity index (χ0) is 12.7. The third kappa shape index (κ3) is 4.41. The Kier molecular flexibility index (Phi) is 6.10. The largest absolute Gasteiger partial charge is 0.316 e. The Morgan fingerprint density at radius 1 is 1.47 bits per heavy atom. The van der Waals surface area contributed by atoms with E-state index in [-0.39, 0.29) is 0 Å². The maximum Gasteiger partial charge on any atom is 0.100 e. The van der Waals surface area contributed by atoms with Gasteiger partial charge in [-0.1, -0.05) is 26.3 Å². The van der Waals surface area contributed by atoms with Crippen molar-refractivity contribution in [1.29, 1.82) is 5.26 Å². The fourth-order valence-corrected chi connectivity index (χ4v) is 2.58. The molecule has 1 unspecified atom stereocenters. The van der Waals surface area contributed by atoms with Gasteiger partial charge in [0.05, 0.1) is 5.56 Å². The van der Waals surface area contributed by atoms with Crippen molar-refractivity contribution in [3.05, 3.63) is 29.3 Å². The number of thioether (sulfide) groups is 1. The van der Waals surface area contributed by atoms with E-state index >= 15 is 0 Å². The van der Waals surface area contributed by atoms with Crippen LogP contribution in [0.25, 0.3) is 0 Å². The summed E-state index contributed by atoms with van der Waals surface area (Å²) in [5, 5.41) is 12.2. The van der Waals surface area contributed by atoms with Crippen LogP contribution in [0.1, 0.15) is 31.4 Å². The number of nitrogens with one attached hydrogen (secondary N) is 1. The molecular formula is C14H20N2S. The molecule has 0 fully saturated rings. The molecule has 1 rings (SSSR count). The SMILES string of the molecule is CCC(C)CSc1ccc(CNC)cc1C#N. The van der Waals surface area contributed by atoms with Crippen LogP contribution in [0.4, 0.5) is 0 Å². The van der Waals surface area contributed by atoms with Crippen LogP contribution in [0.15, 0.2) is 23.1 Å². The fourth-order valence-electron chi connectivity index (χ4n) is 1.45. The monoisotopic (exact) mass is 248 g/mol. The molecule has 0 saturated carbocycles. The Morgan fingerprint density at radius 2 is 2.24 bits per heavy atom. The van der Waals surface area contributed by atoms with Crippen LogP contribution < -0.4 is 5.32 Å². The van der Waals surface area contributed by atoms with E-state index < -0.39 is 0 Å². The summed E-state index contributed by atoms with van der Waals surface area (Å²) in [7, 11) is 1.91. The lowest BCUT2D eigenvalue weighted by atomic mass is 10.1. The Labute approximate surface area is 108 Å². The molecule has 0 heterocycles. The van der Waals surface area contributed by atoms with Gasteiger partial charge in [-0.25, -0.2) is 0 Å². The van der Waals surface area contributed by atoms with Crippen LogP contribution in [0.2, 0.25) is 0 Å². The minimum absolute atomic E-state index is 0.698. The minimum atomic E-state index is 0.698. The molecule has 2 nitrogen and oxygen atoms in total. The van der Waals surface area contributed by atoms with Gasteiger partial charge in [0.1, 0.15) is 6.07 Å². The number of nitrogens with zero attached hydrogens (tertiary/aromatic N) is 1. The van der Waals surface area contributed by atoms with Crippen LogP contribution in [0.5, 0.6) is 0 Å². The molecule has 0 aromatic heterocycles. The van der Waals surface area contributed by atoms with Gasteiger partial charge in [0.2, 0.25) is 0 Å². The highest BCUT2D eigenvalue weighted by molar-refractivity contribution is 7.99. The average Bonchev–Trinajstić information content (AvgIpc) is 2.36. The van der Waals surface area contributed by atoms with Gasteiger partial charge in [-0.05, 0) is 30.7 Å². The molecule has 0 aliphatic heterocycles. The lowest BCUT2D eigenvalue weighted by molar-refractivity contribution is 0.637. The molecule has 1 aromatic rings. The van der Waals surface area contributed by atoms with Crippen LogP contribution in [0.3, 0.4) is 0 Å². The molecule has 0 saturated heterocycles. The van der Waals surface area contributed by atoms with E-state index in [2.05, 4.69) is 37.4 Å². The number of hydrogen-bond donors (Lipinski definition) is 1. The average molecular weight is 248 g/mol. The third-order valence-electron chi connectivity index (χ3n) is 2.77. The molecule has 0 amide bonds. The van der Waals surface area contributed by atoms with Gasteiger partial charge in [-0.15, -0.1) is 11.8 Å². The highest BCUT2D eigenvalue weighted by atomic mass is 32.2. The molecule has 0 spiro atoms. The van der Waals surface area contributed by atoms with E-state index in [1.165, 1.54) is 6.42 Å². The second-order valence-electron chi connectivity index (χ2n) is 4.30. The first-order chi connectivity index (χ1) is 8.21. The number of rotatable bonds is 6. The maximum absolute atomic E-state index is 9.15. The first-order valence-corrected chi connectivity index (χ1v) is 7.00. The molecule has 0 aliphatic carbocycles. The van der Waals surface area contributed by atoms with Crippen molar-refractivity contribution in [3.8, 4) is 6.07 Å². The van der Waals surface area contributed by atoms with Gasteiger partial charge in [-0.3, -0.25) is 0 Å². The van der Waals surface area contributed by atoms with Gasteiger partial charge < -0.3 is 5.32 Å². The summed E-state index contributed by atoms with van der Waals surface area (Å²) >= 11 is 1.79. The molecule has 0 bridgehead atoms. The van der Waals surface area contributed by atoms with Crippen LogP contribution >= 0.6 is 11.8 Å². The highest BCUT2D eigenvalue weighted by Crippen LogP contribution is 2.26. The van der Waals surface area contributed by atoms with Gasteiger partial charge in [-0.2, -0.15) is 5.26 Å². The van der Waals surface area contributed by atoms with Gasteiger partial charge >= 0.3 is 0 Å². The fraction of sp³-hybridized carbons (Fsp3) is 0.500. The first-order valence-electron chi connectivity index (χ1n) is 6.01. The summed E-state index contributed by atoms with van der Waals surface area (Å²) in [4.78, 5) is 1.10. The molecule has 92 valence electrons. The van der Waals surface area contributed by atoms with E-state index in [0.29, 0.717) is 5.92 Å². The molecule has 1 N–H and O–H groups in total. The summed E-state index contributed by atoms with van der Waals surface area (Å²) in [6.07, 6.45) is 1.19.